The number of thioether (sulfide) groups is 2. The maximum absolute atomic E-state index is 5.79. The van der Waals surface area contributed by atoms with Crippen molar-refractivity contribution in [3.8, 4) is 0 Å². The molecular formula is C21H28N2OS3. The van der Waals surface area contributed by atoms with E-state index in [0.29, 0.717) is 5.92 Å². The molecule has 2 heterocycles. The van der Waals surface area contributed by atoms with Gasteiger partial charge in [0.05, 0.1) is 5.69 Å². The van der Waals surface area contributed by atoms with E-state index in [1.165, 1.54) is 5.56 Å². The fraction of sp³-hybridized carbons (Fsp3) is 0.524. The van der Waals surface area contributed by atoms with Crippen LogP contribution in [0.4, 0.5) is 5.69 Å². The van der Waals surface area contributed by atoms with Crippen LogP contribution in [0.3, 0.4) is 0 Å². The summed E-state index contributed by atoms with van der Waals surface area (Å²) in [5.41, 5.74) is 2.61. The Labute approximate surface area is 177 Å². The predicted octanol–water partition coefficient (Wildman–Crippen LogP) is 5.85. The van der Waals surface area contributed by atoms with E-state index >= 15 is 0 Å². The standard InChI is InChI=1S/C21H28N2OS3/c1-4-13-26-20(25)23-14-21(9-11-24-12-10-21)15-27-19(23)22-18-8-6-5-7-17(18)16(2)3/h4-8,16H,1,9-15H2,2-3H3. The molecule has 2 saturated heterocycles. The summed E-state index contributed by atoms with van der Waals surface area (Å²) in [5, 5.41) is 1.03. The van der Waals surface area contributed by atoms with Gasteiger partial charge in [-0.05, 0) is 30.4 Å². The summed E-state index contributed by atoms with van der Waals surface area (Å²) < 4.78 is 6.51. The number of benzene rings is 1. The highest BCUT2D eigenvalue weighted by Crippen LogP contribution is 2.42. The Bertz CT molecular complexity index is 711. The molecule has 0 saturated carbocycles. The summed E-state index contributed by atoms with van der Waals surface area (Å²) in [4.78, 5) is 7.34. The van der Waals surface area contributed by atoms with Crippen LogP contribution in [0.2, 0.25) is 0 Å². The molecule has 0 unspecified atom stereocenters. The summed E-state index contributed by atoms with van der Waals surface area (Å²) in [5.74, 6) is 2.35. The molecule has 27 heavy (non-hydrogen) atoms. The second-order valence-electron chi connectivity index (χ2n) is 7.46. The zero-order chi connectivity index (χ0) is 19.3. The molecule has 0 radical (unpaired) electrons. The zero-order valence-electron chi connectivity index (χ0n) is 16.1. The fourth-order valence-corrected chi connectivity index (χ4v) is 5.80. The van der Waals surface area contributed by atoms with E-state index in [0.717, 1.165) is 59.3 Å². The largest absolute Gasteiger partial charge is 0.381 e. The van der Waals surface area contributed by atoms with E-state index in [-0.39, 0.29) is 5.41 Å². The van der Waals surface area contributed by atoms with Crippen molar-refractivity contribution in [2.75, 3.05) is 31.3 Å². The van der Waals surface area contributed by atoms with Crippen molar-refractivity contribution < 1.29 is 4.74 Å². The first kappa shape index (κ1) is 20.9. The van der Waals surface area contributed by atoms with Gasteiger partial charge in [0.2, 0.25) is 0 Å². The number of amidine groups is 1. The Morgan fingerprint density at radius 2 is 2.15 bits per heavy atom. The Kier molecular flexibility index (Phi) is 7.42. The third-order valence-electron chi connectivity index (χ3n) is 5.11. The van der Waals surface area contributed by atoms with Gasteiger partial charge in [-0.1, -0.05) is 73.9 Å². The second kappa shape index (κ2) is 9.59. The summed E-state index contributed by atoms with van der Waals surface area (Å²) in [7, 11) is 0. The molecule has 6 heteroatoms. The maximum Gasteiger partial charge on any atom is 0.169 e. The second-order valence-corrected chi connectivity index (χ2v) is 10.1. The van der Waals surface area contributed by atoms with Gasteiger partial charge in [-0.2, -0.15) is 0 Å². The summed E-state index contributed by atoms with van der Waals surface area (Å²) in [6.07, 6.45) is 4.10. The summed E-state index contributed by atoms with van der Waals surface area (Å²) in [6, 6.07) is 8.44. The zero-order valence-corrected chi connectivity index (χ0v) is 18.6. The Morgan fingerprint density at radius 1 is 1.41 bits per heavy atom. The van der Waals surface area contributed by atoms with Crippen LogP contribution in [0.1, 0.15) is 38.2 Å². The van der Waals surface area contributed by atoms with E-state index in [9.17, 15) is 0 Å². The molecule has 0 N–H and O–H groups in total. The van der Waals surface area contributed by atoms with Crippen LogP contribution in [0, 0.1) is 5.41 Å². The van der Waals surface area contributed by atoms with Crippen molar-refractivity contribution in [3.05, 3.63) is 42.5 Å². The summed E-state index contributed by atoms with van der Waals surface area (Å²) in [6.45, 7) is 10.9. The van der Waals surface area contributed by atoms with Gasteiger partial charge in [-0.25, -0.2) is 4.99 Å². The monoisotopic (exact) mass is 420 g/mol. The average molecular weight is 421 g/mol. The van der Waals surface area contributed by atoms with Gasteiger partial charge in [-0.15, -0.1) is 6.58 Å². The molecule has 0 atom stereocenters. The van der Waals surface area contributed by atoms with Crippen molar-refractivity contribution in [1.29, 1.82) is 0 Å². The van der Waals surface area contributed by atoms with Crippen molar-refractivity contribution in [2.24, 2.45) is 10.4 Å². The minimum Gasteiger partial charge on any atom is -0.381 e. The van der Waals surface area contributed by atoms with E-state index in [1.807, 2.05) is 17.8 Å². The average Bonchev–Trinajstić information content (AvgIpc) is 2.68. The molecule has 2 fully saturated rings. The van der Waals surface area contributed by atoms with Gasteiger partial charge in [0, 0.05) is 36.7 Å². The first-order chi connectivity index (χ1) is 13.0. The smallest absolute Gasteiger partial charge is 0.169 e. The molecule has 1 aromatic rings. The van der Waals surface area contributed by atoms with Crippen molar-refractivity contribution in [1.82, 2.24) is 4.90 Å². The number of thiocarbonyl (C=S) groups is 1. The summed E-state index contributed by atoms with van der Waals surface area (Å²) >= 11 is 9.30. The third kappa shape index (κ3) is 5.17. The van der Waals surface area contributed by atoms with Gasteiger partial charge in [0.15, 0.2) is 5.17 Å². The number of rotatable bonds is 4. The van der Waals surface area contributed by atoms with Crippen LogP contribution < -0.4 is 0 Å². The molecule has 1 aromatic carbocycles. The molecule has 1 spiro atoms. The van der Waals surface area contributed by atoms with Gasteiger partial charge in [0.1, 0.15) is 4.32 Å². The Balaban J connectivity index is 1.90. The highest BCUT2D eigenvalue weighted by Gasteiger charge is 2.41. The molecule has 146 valence electrons. The maximum atomic E-state index is 5.79. The highest BCUT2D eigenvalue weighted by atomic mass is 32.2. The normalized spacial score (nSPS) is 21.0. The first-order valence-electron chi connectivity index (χ1n) is 9.48. The number of ether oxygens (including phenoxy) is 1. The Morgan fingerprint density at radius 3 is 2.85 bits per heavy atom. The quantitative estimate of drug-likeness (QED) is 0.449. The van der Waals surface area contributed by atoms with E-state index in [1.54, 1.807) is 11.8 Å². The van der Waals surface area contributed by atoms with Gasteiger partial charge in [0.25, 0.3) is 0 Å². The van der Waals surface area contributed by atoms with E-state index in [4.69, 9.17) is 21.9 Å². The lowest BCUT2D eigenvalue weighted by molar-refractivity contribution is 0.0213. The Hall–Kier alpha value is -0.820. The lowest BCUT2D eigenvalue weighted by Crippen LogP contribution is -2.50. The lowest BCUT2D eigenvalue weighted by atomic mass is 9.81. The topological polar surface area (TPSA) is 24.8 Å². The fourth-order valence-electron chi connectivity index (χ4n) is 3.48. The number of hydrogen-bond acceptors (Lipinski definition) is 5. The molecule has 0 amide bonds. The van der Waals surface area contributed by atoms with Crippen molar-refractivity contribution in [3.63, 3.8) is 0 Å². The van der Waals surface area contributed by atoms with Crippen LogP contribution in [0.5, 0.6) is 0 Å². The SMILES string of the molecule is C=CCSC(=S)N1CC2(CCOCC2)CSC1=Nc1ccccc1C(C)C. The van der Waals surface area contributed by atoms with Crippen LogP contribution in [0.15, 0.2) is 41.9 Å². The number of hydrogen-bond donors (Lipinski definition) is 0. The number of para-hydroxylation sites is 1. The minimum absolute atomic E-state index is 0.276. The molecule has 2 aliphatic heterocycles. The third-order valence-corrected chi connectivity index (χ3v) is 7.88. The van der Waals surface area contributed by atoms with Crippen LogP contribution >= 0.6 is 35.7 Å². The lowest BCUT2D eigenvalue weighted by Gasteiger charge is -2.45. The molecular weight excluding hydrogens is 392 g/mol. The highest BCUT2D eigenvalue weighted by molar-refractivity contribution is 8.23. The molecule has 2 aliphatic rings. The molecule has 0 aliphatic carbocycles. The number of nitrogens with zero attached hydrogens (tertiary/aromatic N) is 2. The van der Waals surface area contributed by atoms with Crippen LogP contribution in [-0.4, -0.2) is 45.7 Å². The minimum atomic E-state index is 0.276. The van der Waals surface area contributed by atoms with Crippen LogP contribution in [0.25, 0.3) is 0 Å². The first-order valence-corrected chi connectivity index (χ1v) is 11.9. The van der Waals surface area contributed by atoms with Gasteiger partial charge >= 0.3 is 0 Å². The number of aliphatic imine (C=N–C) groups is 1. The van der Waals surface area contributed by atoms with Gasteiger partial charge < -0.3 is 9.64 Å². The molecule has 3 rings (SSSR count). The van der Waals surface area contributed by atoms with E-state index < -0.39 is 0 Å². The van der Waals surface area contributed by atoms with Crippen LogP contribution in [-0.2, 0) is 4.74 Å². The van der Waals surface area contributed by atoms with Crippen molar-refractivity contribution >= 4 is 50.9 Å². The predicted molar refractivity (Wildman–Crippen MR) is 125 cm³/mol. The van der Waals surface area contributed by atoms with Crippen molar-refractivity contribution in [2.45, 2.75) is 32.6 Å². The molecule has 0 bridgehead atoms. The molecule has 3 nitrogen and oxygen atoms in total. The van der Waals surface area contributed by atoms with E-state index in [2.05, 4.69) is 49.6 Å². The van der Waals surface area contributed by atoms with Gasteiger partial charge in [-0.3, -0.25) is 0 Å². The molecule has 0 aromatic heterocycles.